The van der Waals surface area contributed by atoms with E-state index in [2.05, 4.69) is 39.8 Å². The molecule has 2 rings (SSSR count). The van der Waals surface area contributed by atoms with Crippen molar-refractivity contribution in [2.45, 2.75) is 52.9 Å². The van der Waals surface area contributed by atoms with Crippen molar-refractivity contribution in [2.24, 2.45) is 5.41 Å². The molecule has 0 aliphatic rings. The molecule has 24 heavy (non-hydrogen) atoms. The lowest BCUT2D eigenvalue weighted by molar-refractivity contribution is -0.0426. The molecule has 3 heteroatoms. The third-order valence-electron chi connectivity index (χ3n) is 4.63. The van der Waals surface area contributed by atoms with E-state index in [9.17, 15) is 10.2 Å². The summed E-state index contributed by atoms with van der Waals surface area (Å²) in [6.45, 7) is 8.49. The van der Waals surface area contributed by atoms with E-state index in [1.54, 1.807) is 6.07 Å². The van der Waals surface area contributed by atoms with Crippen LogP contribution in [0, 0.1) is 5.41 Å². The number of hydrogen-bond acceptors (Lipinski definition) is 3. The second-order valence-corrected chi connectivity index (χ2v) is 7.20. The van der Waals surface area contributed by atoms with E-state index in [1.165, 1.54) is 0 Å². The van der Waals surface area contributed by atoms with Gasteiger partial charge in [-0.1, -0.05) is 64.1 Å². The van der Waals surface area contributed by atoms with E-state index < -0.39 is 5.60 Å². The summed E-state index contributed by atoms with van der Waals surface area (Å²) >= 11 is 0. The minimum atomic E-state index is -0.505. The fourth-order valence-corrected chi connectivity index (χ4v) is 3.33. The van der Waals surface area contributed by atoms with Crippen molar-refractivity contribution in [1.29, 1.82) is 0 Å². The van der Waals surface area contributed by atoms with E-state index in [4.69, 9.17) is 4.74 Å². The maximum atomic E-state index is 9.48. The summed E-state index contributed by atoms with van der Waals surface area (Å²) in [5, 5.41) is 19.0. The topological polar surface area (TPSA) is 49.7 Å². The summed E-state index contributed by atoms with van der Waals surface area (Å²) in [4.78, 5) is 0. The molecule has 3 nitrogen and oxygen atoms in total. The van der Waals surface area contributed by atoms with Gasteiger partial charge in [-0.15, -0.1) is 0 Å². The van der Waals surface area contributed by atoms with Crippen LogP contribution in [0.3, 0.4) is 0 Å². The predicted octanol–water partition coefficient (Wildman–Crippen LogP) is 4.40. The highest BCUT2D eigenvalue weighted by molar-refractivity contribution is 5.36. The third kappa shape index (κ3) is 3.63. The van der Waals surface area contributed by atoms with Crippen molar-refractivity contribution in [3.05, 3.63) is 65.2 Å². The van der Waals surface area contributed by atoms with Crippen molar-refractivity contribution >= 4 is 0 Å². The van der Waals surface area contributed by atoms with Crippen LogP contribution in [0.4, 0.5) is 0 Å². The minimum absolute atomic E-state index is 0.0792. The molecule has 1 unspecified atom stereocenters. The van der Waals surface area contributed by atoms with Crippen LogP contribution in [0.2, 0.25) is 0 Å². The van der Waals surface area contributed by atoms with E-state index >= 15 is 0 Å². The zero-order valence-electron chi connectivity index (χ0n) is 15.0. The van der Waals surface area contributed by atoms with Gasteiger partial charge in [0.2, 0.25) is 0 Å². The van der Waals surface area contributed by atoms with Gasteiger partial charge in [0.1, 0.15) is 11.4 Å². The number of ether oxygens (including phenoxy) is 1. The third-order valence-corrected chi connectivity index (χ3v) is 4.63. The molecule has 0 fully saturated rings. The number of hydrogen-bond donors (Lipinski definition) is 2. The Morgan fingerprint density at radius 3 is 1.83 bits per heavy atom. The first-order valence-corrected chi connectivity index (χ1v) is 8.45. The molecule has 0 spiro atoms. The fourth-order valence-electron chi connectivity index (χ4n) is 3.33. The van der Waals surface area contributed by atoms with Crippen LogP contribution >= 0.6 is 0 Å². The van der Waals surface area contributed by atoms with Crippen molar-refractivity contribution in [2.75, 3.05) is 0 Å². The van der Waals surface area contributed by atoms with Crippen LogP contribution in [0.15, 0.2) is 48.5 Å². The van der Waals surface area contributed by atoms with E-state index in [0.717, 1.165) is 23.1 Å². The summed E-state index contributed by atoms with van der Waals surface area (Å²) in [7, 11) is 0. The van der Waals surface area contributed by atoms with Crippen LogP contribution in [-0.4, -0.2) is 10.2 Å². The Labute approximate surface area is 144 Å². The Kier molecular flexibility index (Phi) is 5.68. The zero-order valence-corrected chi connectivity index (χ0v) is 15.0. The highest BCUT2D eigenvalue weighted by atomic mass is 16.5. The van der Waals surface area contributed by atoms with Crippen molar-refractivity contribution in [1.82, 2.24) is 0 Å². The second-order valence-electron chi connectivity index (χ2n) is 7.20. The van der Waals surface area contributed by atoms with Gasteiger partial charge in [0.25, 0.3) is 0 Å². The highest BCUT2D eigenvalue weighted by Gasteiger charge is 2.44. The summed E-state index contributed by atoms with van der Waals surface area (Å²) in [6, 6.07) is 15.7. The number of aliphatic hydroxyl groups excluding tert-OH is 2. The van der Waals surface area contributed by atoms with Gasteiger partial charge in [0.05, 0.1) is 13.2 Å². The summed E-state index contributed by atoms with van der Waals surface area (Å²) in [5.74, 6) is 0.672. The Morgan fingerprint density at radius 2 is 1.42 bits per heavy atom. The van der Waals surface area contributed by atoms with E-state index in [0.29, 0.717) is 5.75 Å². The first kappa shape index (κ1) is 18.5. The Morgan fingerprint density at radius 1 is 0.875 bits per heavy atom. The Bertz CT molecular complexity index is 636. The smallest absolute Gasteiger partial charge is 0.138 e. The molecule has 2 N–H and O–H groups in total. The minimum Gasteiger partial charge on any atom is -0.482 e. The quantitative estimate of drug-likeness (QED) is 0.826. The standard InChI is InChI=1S/C21H28O3/c1-5-21(20(2,3)4,18-9-7-6-8-10-18)24-19-12-16(14-22)11-17(13-19)15-23/h6-13,22-23H,5,14-15H2,1-4H3. The van der Waals surface area contributed by atoms with Gasteiger partial charge in [-0.2, -0.15) is 0 Å². The van der Waals surface area contributed by atoms with Gasteiger partial charge in [-0.25, -0.2) is 0 Å². The molecule has 0 radical (unpaired) electrons. The molecule has 130 valence electrons. The molecule has 2 aromatic carbocycles. The van der Waals surface area contributed by atoms with Gasteiger partial charge < -0.3 is 14.9 Å². The molecular weight excluding hydrogens is 300 g/mol. The summed E-state index contributed by atoms with van der Waals surface area (Å²) in [6.07, 6.45) is 0.804. The van der Waals surface area contributed by atoms with Crippen LogP contribution in [0.5, 0.6) is 5.75 Å². The molecular formula is C21H28O3. The molecule has 0 amide bonds. The van der Waals surface area contributed by atoms with Crippen LogP contribution in [0.1, 0.15) is 50.8 Å². The predicted molar refractivity (Wildman–Crippen MR) is 96.8 cm³/mol. The van der Waals surface area contributed by atoms with Crippen LogP contribution < -0.4 is 4.74 Å². The average molecular weight is 328 g/mol. The van der Waals surface area contributed by atoms with Gasteiger partial charge in [0.15, 0.2) is 0 Å². The lowest BCUT2D eigenvalue weighted by Gasteiger charge is -2.45. The normalized spacial score (nSPS) is 14.2. The lowest BCUT2D eigenvalue weighted by atomic mass is 9.70. The molecule has 0 aromatic heterocycles. The Balaban J connectivity index is 2.54. The van der Waals surface area contributed by atoms with Crippen molar-refractivity contribution < 1.29 is 14.9 Å². The lowest BCUT2D eigenvalue weighted by Crippen LogP contribution is -2.45. The maximum absolute atomic E-state index is 9.48. The second kappa shape index (κ2) is 7.37. The molecule has 2 aromatic rings. The van der Waals surface area contributed by atoms with Crippen LogP contribution in [0.25, 0.3) is 0 Å². The monoisotopic (exact) mass is 328 g/mol. The molecule has 0 aliphatic carbocycles. The SMILES string of the molecule is CCC(Oc1cc(CO)cc(CO)c1)(c1ccccc1)C(C)(C)C. The zero-order chi connectivity index (χ0) is 17.8. The summed E-state index contributed by atoms with van der Waals surface area (Å²) < 4.78 is 6.56. The number of rotatable bonds is 6. The molecule has 0 aliphatic heterocycles. The molecule has 1 atom stereocenters. The van der Waals surface area contributed by atoms with Crippen LogP contribution in [-0.2, 0) is 18.8 Å². The molecule has 0 heterocycles. The van der Waals surface area contributed by atoms with Gasteiger partial charge in [0, 0.05) is 5.41 Å². The molecule has 0 bridgehead atoms. The number of aliphatic hydroxyl groups is 2. The number of benzene rings is 2. The van der Waals surface area contributed by atoms with Gasteiger partial charge >= 0.3 is 0 Å². The maximum Gasteiger partial charge on any atom is 0.138 e. The largest absolute Gasteiger partial charge is 0.482 e. The molecule has 0 saturated heterocycles. The van der Waals surface area contributed by atoms with Gasteiger partial charge in [-0.05, 0) is 35.2 Å². The van der Waals surface area contributed by atoms with Crippen molar-refractivity contribution in [3.63, 3.8) is 0 Å². The molecule has 0 saturated carbocycles. The average Bonchev–Trinajstić information content (AvgIpc) is 2.59. The van der Waals surface area contributed by atoms with Crippen molar-refractivity contribution in [3.8, 4) is 5.75 Å². The Hall–Kier alpha value is -1.84. The first-order valence-electron chi connectivity index (χ1n) is 8.45. The van der Waals surface area contributed by atoms with E-state index in [-0.39, 0.29) is 18.6 Å². The highest BCUT2D eigenvalue weighted by Crippen LogP contribution is 2.45. The van der Waals surface area contributed by atoms with E-state index in [1.807, 2.05) is 30.3 Å². The first-order chi connectivity index (χ1) is 11.4. The fraction of sp³-hybridized carbons (Fsp3) is 0.429. The summed E-state index contributed by atoms with van der Waals surface area (Å²) in [5.41, 5.74) is 1.96. The van der Waals surface area contributed by atoms with Gasteiger partial charge in [-0.3, -0.25) is 0 Å².